The van der Waals surface area contributed by atoms with Crippen molar-refractivity contribution in [1.82, 2.24) is 4.98 Å². The van der Waals surface area contributed by atoms with Gasteiger partial charge in [0.2, 0.25) is 5.56 Å². The van der Waals surface area contributed by atoms with E-state index in [4.69, 9.17) is 0 Å². The minimum absolute atomic E-state index is 0.112. The standard InChI is InChI=1S/C10H11NO/c1-4-5-9-7(2)6-10(12)11-8(9)3/h4-6H,1,3H2,2H3,(H,11,12)/b9-5-. The number of rotatable bonds is 1. The third-order valence-corrected chi connectivity index (χ3v) is 1.66. The molecule has 0 radical (unpaired) electrons. The summed E-state index contributed by atoms with van der Waals surface area (Å²) in [6.07, 6.45) is 3.50. The number of pyridine rings is 1. The maximum absolute atomic E-state index is 10.9. The maximum Gasteiger partial charge on any atom is 0.248 e. The number of aryl methyl sites for hydroxylation is 1. The van der Waals surface area contributed by atoms with Gasteiger partial charge in [-0.15, -0.1) is 0 Å². The minimum Gasteiger partial charge on any atom is -0.322 e. The van der Waals surface area contributed by atoms with Crippen LogP contribution in [0.3, 0.4) is 0 Å². The Morgan fingerprint density at radius 3 is 2.75 bits per heavy atom. The van der Waals surface area contributed by atoms with Crippen molar-refractivity contribution in [1.29, 1.82) is 0 Å². The zero-order valence-electron chi connectivity index (χ0n) is 7.05. The molecule has 0 aliphatic rings. The zero-order valence-corrected chi connectivity index (χ0v) is 7.05. The van der Waals surface area contributed by atoms with Gasteiger partial charge in [-0.05, 0) is 12.5 Å². The third-order valence-electron chi connectivity index (χ3n) is 1.66. The molecule has 1 N–H and O–H groups in total. The number of H-pyrrole nitrogens is 1. The Balaban J connectivity index is 3.72. The minimum atomic E-state index is -0.112. The Bertz CT molecular complexity index is 454. The van der Waals surface area contributed by atoms with Crippen LogP contribution in [0.15, 0.2) is 23.5 Å². The van der Waals surface area contributed by atoms with Crippen molar-refractivity contribution in [3.63, 3.8) is 0 Å². The number of aromatic amines is 1. The molecule has 0 unspecified atom stereocenters. The molecule has 12 heavy (non-hydrogen) atoms. The first-order valence-corrected chi connectivity index (χ1v) is 3.67. The van der Waals surface area contributed by atoms with Crippen LogP contribution in [-0.2, 0) is 0 Å². The zero-order chi connectivity index (χ0) is 9.14. The lowest BCUT2D eigenvalue weighted by Gasteiger charge is -1.92. The van der Waals surface area contributed by atoms with Gasteiger partial charge in [-0.2, -0.15) is 0 Å². The smallest absolute Gasteiger partial charge is 0.248 e. The molecule has 0 spiro atoms. The molecule has 1 rings (SSSR count). The summed E-state index contributed by atoms with van der Waals surface area (Å²) in [5.74, 6) is 0. The van der Waals surface area contributed by atoms with Gasteiger partial charge in [-0.3, -0.25) is 4.79 Å². The van der Waals surface area contributed by atoms with Crippen LogP contribution in [0.1, 0.15) is 5.56 Å². The highest BCUT2D eigenvalue weighted by atomic mass is 16.1. The Morgan fingerprint density at radius 2 is 2.25 bits per heavy atom. The molecule has 0 saturated heterocycles. The molecule has 0 aliphatic heterocycles. The number of hydrogen-bond acceptors (Lipinski definition) is 1. The molecular weight excluding hydrogens is 150 g/mol. The van der Waals surface area contributed by atoms with Crippen LogP contribution >= 0.6 is 0 Å². The van der Waals surface area contributed by atoms with E-state index in [1.54, 1.807) is 12.1 Å². The van der Waals surface area contributed by atoms with Gasteiger partial charge in [0.25, 0.3) is 0 Å². The summed E-state index contributed by atoms with van der Waals surface area (Å²) in [4.78, 5) is 13.6. The normalized spacial score (nSPS) is 11.6. The van der Waals surface area contributed by atoms with Gasteiger partial charge in [0.15, 0.2) is 0 Å². The Kier molecular flexibility index (Phi) is 2.29. The van der Waals surface area contributed by atoms with Crippen LogP contribution < -0.4 is 16.1 Å². The van der Waals surface area contributed by atoms with E-state index in [1.165, 1.54) is 0 Å². The van der Waals surface area contributed by atoms with E-state index < -0.39 is 0 Å². The van der Waals surface area contributed by atoms with Crippen LogP contribution in [0.5, 0.6) is 0 Å². The summed E-state index contributed by atoms with van der Waals surface area (Å²) in [6, 6.07) is 1.55. The topological polar surface area (TPSA) is 32.9 Å². The van der Waals surface area contributed by atoms with Crippen LogP contribution in [0.2, 0.25) is 0 Å². The summed E-state index contributed by atoms with van der Waals surface area (Å²) in [6.45, 7) is 9.19. The quantitative estimate of drug-likeness (QED) is 0.620. The van der Waals surface area contributed by atoms with E-state index in [-0.39, 0.29) is 5.56 Å². The second kappa shape index (κ2) is 3.22. The molecule has 0 aliphatic carbocycles. The van der Waals surface area contributed by atoms with Crippen LogP contribution in [-0.4, -0.2) is 4.98 Å². The van der Waals surface area contributed by atoms with E-state index >= 15 is 0 Å². The fourth-order valence-corrected chi connectivity index (χ4v) is 1.11. The van der Waals surface area contributed by atoms with Crippen molar-refractivity contribution in [2.75, 3.05) is 0 Å². The van der Waals surface area contributed by atoms with Crippen molar-refractivity contribution in [2.45, 2.75) is 6.92 Å². The molecule has 0 atom stereocenters. The summed E-state index contributed by atoms with van der Waals surface area (Å²) < 4.78 is 0. The van der Waals surface area contributed by atoms with Gasteiger partial charge in [-0.25, -0.2) is 0 Å². The van der Waals surface area contributed by atoms with Crippen molar-refractivity contribution < 1.29 is 0 Å². The van der Waals surface area contributed by atoms with Gasteiger partial charge < -0.3 is 4.98 Å². The Labute approximate surface area is 70.6 Å². The molecule has 0 aromatic carbocycles. The number of aromatic nitrogens is 1. The highest BCUT2D eigenvalue weighted by Crippen LogP contribution is 1.76. The molecule has 0 amide bonds. The van der Waals surface area contributed by atoms with Gasteiger partial charge in [0, 0.05) is 16.6 Å². The first-order valence-electron chi connectivity index (χ1n) is 3.67. The highest BCUT2D eigenvalue weighted by Gasteiger charge is 1.90. The molecule has 62 valence electrons. The van der Waals surface area contributed by atoms with Crippen LogP contribution in [0.25, 0.3) is 12.7 Å². The largest absolute Gasteiger partial charge is 0.322 e. The Hall–Kier alpha value is -1.57. The van der Waals surface area contributed by atoms with Gasteiger partial charge in [-0.1, -0.05) is 25.3 Å². The van der Waals surface area contributed by atoms with E-state index in [0.29, 0.717) is 5.35 Å². The number of nitrogens with one attached hydrogen (secondary N) is 1. The highest BCUT2D eigenvalue weighted by molar-refractivity contribution is 5.37. The lowest BCUT2D eigenvalue weighted by Crippen LogP contribution is -2.34. The molecule has 2 nitrogen and oxygen atoms in total. The molecular formula is C10H11NO. The molecule has 0 saturated carbocycles. The molecule has 1 aromatic rings. The molecule has 0 bridgehead atoms. The first-order chi connectivity index (χ1) is 5.65. The fourth-order valence-electron chi connectivity index (χ4n) is 1.11. The van der Waals surface area contributed by atoms with Crippen LogP contribution in [0.4, 0.5) is 0 Å². The second-order valence-corrected chi connectivity index (χ2v) is 2.61. The van der Waals surface area contributed by atoms with E-state index in [0.717, 1.165) is 10.8 Å². The van der Waals surface area contributed by atoms with Crippen molar-refractivity contribution in [3.8, 4) is 0 Å². The summed E-state index contributed by atoms with van der Waals surface area (Å²) in [5, 5.41) is 1.57. The second-order valence-electron chi connectivity index (χ2n) is 2.61. The number of hydrogen-bond donors (Lipinski definition) is 1. The average molecular weight is 161 g/mol. The lowest BCUT2D eigenvalue weighted by molar-refractivity contribution is 1.13. The fraction of sp³-hybridized carbons (Fsp3) is 0.100. The van der Waals surface area contributed by atoms with Gasteiger partial charge in [0.1, 0.15) is 0 Å². The van der Waals surface area contributed by atoms with Crippen LogP contribution in [0, 0.1) is 6.92 Å². The SMILES string of the molecule is C=C/C=c1/c(C)cc(=O)[nH]c1=C. The van der Waals surface area contributed by atoms with E-state index in [1.807, 2.05) is 13.0 Å². The third kappa shape index (κ3) is 1.53. The van der Waals surface area contributed by atoms with E-state index in [2.05, 4.69) is 18.1 Å². The van der Waals surface area contributed by atoms with Crippen molar-refractivity contribution in [3.05, 3.63) is 45.2 Å². The summed E-state index contributed by atoms with van der Waals surface area (Å²) in [7, 11) is 0. The predicted octanol–water partition coefficient (Wildman–Crippen LogP) is 0.0601. The lowest BCUT2D eigenvalue weighted by atomic mass is 10.2. The molecule has 1 aromatic heterocycles. The Morgan fingerprint density at radius 1 is 1.58 bits per heavy atom. The average Bonchev–Trinajstić information content (AvgIpc) is 1.96. The molecule has 2 heteroatoms. The van der Waals surface area contributed by atoms with Crippen molar-refractivity contribution >= 4 is 12.7 Å². The van der Waals surface area contributed by atoms with Gasteiger partial charge >= 0.3 is 0 Å². The maximum atomic E-state index is 10.9. The molecule has 0 fully saturated rings. The summed E-state index contributed by atoms with van der Waals surface area (Å²) >= 11 is 0. The summed E-state index contributed by atoms with van der Waals surface area (Å²) in [5.41, 5.74) is 0.808. The van der Waals surface area contributed by atoms with Gasteiger partial charge in [0.05, 0.1) is 0 Å². The van der Waals surface area contributed by atoms with E-state index in [9.17, 15) is 4.79 Å². The number of allylic oxidation sites excluding steroid dienone is 1. The van der Waals surface area contributed by atoms with Crippen molar-refractivity contribution in [2.24, 2.45) is 0 Å². The predicted molar refractivity (Wildman–Crippen MR) is 51.2 cm³/mol. The monoisotopic (exact) mass is 161 g/mol. The molecule has 1 heterocycles. The first kappa shape index (κ1) is 8.53.